The van der Waals surface area contributed by atoms with E-state index in [0.717, 1.165) is 29.7 Å². The van der Waals surface area contributed by atoms with Crippen LogP contribution in [0.15, 0.2) is 41.3 Å². The molecule has 0 aromatic heterocycles. The van der Waals surface area contributed by atoms with Crippen molar-refractivity contribution in [1.82, 2.24) is 4.72 Å². The van der Waals surface area contributed by atoms with Gasteiger partial charge in [-0.05, 0) is 42.2 Å². The second-order valence-electron chi connectivity index (χ2n) is 6.48. The number of carbonyl (C=O) groups is 1. The van der Waals surface area contributed by atoms with Crippen LogP contribution in [-0.2, 0) is 32.4 Å². The van der Waals surface area contributed by atoms with E-state index in [2.05, 4.69) is 10.0 Å². The zero-order valence-corrected chi connectivity index (χ0v) is 18.9. The molecule has 2 aromatic carbocycles. The Bertz CT molecular complexity index is 957. The molecule has 2 rings (SSSR count). The molecule has 0 saturated heterocycles. The number of hydrogen-bond acceptors (Lipinski definition) is 5. The highest BCUT2D eigenvalue weighted by molar-refractivity contribution is 7.89. The van der Waals surface area contributed by atoms with Crippen LogP contribution in [0.3, 0.4) is 0 Å². The number of halogens is 1. The quantitative estimate of drug-likeness (QED) is 0.507. The number of methoxy groups -OCH3 is 1. The molecule has 0 saturated carbocycles. The standard InChI is InChI=1S/C21H27ClN2O5S/c1-4-15-7-6-8-16(5-2)21(15)24-20(25)14-29-19-10-9-17(13-18(19)22)30(26,27)23-11-12-28-3/h6-10,13,23H,4-5,11-12,14H2,1-3H3,(H,24,25). The second-order valence-corrected chi connectivity index (χ2v) is 8.65. The van der Waals surface area contributed by atoms with E-state index in [-0.39, 0.29) is 41.3 Å². The van der Waals surface area contributed by atoms with Crippen LogP contribution in [0.25, 0.3) is 0 Å². The highest BCUT2D eigenvalue weighted by atomic mass is 35.5. The summed E-state index contributed by atoms with van der Waals surface area (Å²) >= 11 is 6.16. The number of ether oxygens (including phenoxy) is 2. The van der Waals surface area contributed by atoms with E-state index in [4.69, 9.17) is 21.1 Å². The summed E-state index contributed by atoms with van der Waals surface area (Å²) in [6, 6.07) is 10.0. The van der Waals surface area contributed by atoms with Crippen molar-refractivity contribution < 1.29 is 22.7 Å². The largest absolute Gasteiger partial charge is 0.482 e. The second kappa shape index (κ2) is 11.3. The van der Waals surface area contributed by atoms with Crippen LogP contribution >= 0.6 is 11.6 Å². The summed E-state index contributed by atoms with van der Waals surface area (Å²) in [5, 5.41) is 3.01. The predicted molar refractivity (Wildman–Crippen MR) is 118 cm³/mol. The van der Waals surface area contributed by atoms with Gasteiger partial charge >= 0.3 is 0 Å². The smallest absolute Gasteiger partial charge is 0.262 e. The van der Waals surface area contributed by atoms with Crippen molar-refractivity contribution in [2.75, 3.05) is 32.2 Å². The summed E-state index contributed by atoms with van der Waals surface area (Å²) in [5.74, 6) is -0.0956. The lowest BCUT2D eigenvalue weighted by molar-refractivity contribution is -0.118. The van der Waals surface area contributed by atoms with Gasteiger partial charge in [0, 0.05) is 19.3 Å². The minimum absolute atomic E-state index is 0.00450. The molecule has 0 aliphatic rings. The molecule has 0 heterocycles. The average molecular weight is 455 g/mol. The maximum Gasteiger partial charge on any atom is 0.262 e. The Morgan fingerprint density at radius 2 is 1.77 bits per heavy atom. The van der Waals surface area contributed by atoms with E-state index in [1.807, 2.05) is 32.0 Å². The van der Waals surface area contributed by atoms with Crippen molar-refractivity contribution in [3.05, 3.63) is 52.5 Å². The molecule has 0 spiro atoms. The summed E-state index contributed by atoms with van der Waals surface area (Å²) in [6.07, 6.45) is 1.59. The van der Waals surface area contributed by atoms with E-state index >= 15 is 0 Å². The number of carbonyl (C=O) groups excluding carboxylic acids is 1. The van der Waals surface area contributed by atoms with Crippen molar-refractivity contribution in [3.8, 4) is 5.75 Å². The Labute approximate surface area is 182 Å². The van der Waals surface area contributed by atoms with Crippen molar-refractivity contribution in [2.24, 2.45) is 0 Å². The maximum atomic E-state index is 12.4. The van der Waals surface area contributed by atoms with Crippen LogP contribution in [-0.4, -0.2) is 41.2 Å². The van der Waals surface area contributed by atoms with E-state index in [9.17, 15) is 13.2 Å². The fraction of sp³-hybridized carbons (Fsp3) is 0.381. The number of sulfonamides is 1. The third-order valence-corrected chi connectivity index (χ3v) is 6.19. The normalized spacial score (nSPS) is 11.3. The minimum Gasteiger partial charge on any atom is -0.482 e. The number of hydrogen-bond donors (Lipinski definition) is 2. The van der Waals surface area contributed by atoms with Crippen LogP contribution in [0.5, 0.6) is 5.75 Å². The monoisotopic (exact) mass is 454 g/mol. The van der Waals surface area contributed by atoms with E-state index in [1.54, 1.807) is 0 Å². The molecule has 0 aliphatic heterocycles. The molecule has 30 heavy (non-hydrogen) atoms. The molecule has 164 valence electrons. The van der Waals surface area contributed by atoms with Crippen LogP contribution in [0, 0.1) is 0 Å². The van der Waals surface area contributed by atoms with E-state index < -0.39 is 10.0 Å². The zero-order chi connectivity index (χ0) is 22.1. The topological polar surface area (TPSA) is 93.7 Å². The molecule has 7 nitrogen and oxygen atoms in total. The van der Waals surface area contributed by atoms with Crippen LogP contribution < -0.4 is 14.8 Å². The van der Waals surface area contributed by atoms with Crippen LogP contribution in [0.2, 0.25) is 5.02 Å². The molecular weight excluding hydrogens is 428 g/mol. The fourth-order valence-electron chi connectivity index (χ4n) is 2.85. The molecular formula is C21H27ClN2O5S. The molecule has 0 unspecified atom stereocenters. The summed E-state index contributed by atoms with van der Waals surface area (Å²) < 4.78 is 37.2. The average Bonchev–Trinajstić information content (AvgIpc) is 2.73. The van der Waals surface area contributed by atoms with E-state index in [0.29, 0.717) is 0 Å². The van der Waals surface area contributed by atoms with Gasteiger partial charge in [0.1, 0.15) is 5.75 Å². The molecule has 2 N–H and O–H groups in total. The van der Waals surface area contributed by atoms with Crippen molar-refractivity contribution >= 4 is 33.2 Å². The van der Waals surface area contributed by atoms with Gasteiger partial charge in [-0.15, -0.1) is 0 Å². The SMILES string of the molecule is CCc1cccc(CC)c1NC(=O)COc1ccc(S(=O)(=O)NCCOC)cc1Cl. The minimum atomic E-state index is -3.71. The zero-order valence-electron chi connectivity index (χ0n) is 17.3. The molecule has 0 atom stereocenters. The highest BCUT2D eigenvalue weighted by Gasteiger charge is 2.17. The lowest BCUT2D eigenvalue weighted by Crippen LogP contribution is -2.27. The van der Waals surface area contributed by atoms with Crippen LogP contribution in [0.1, 0.15) is 25.0 Å². The van der Waals surface area contributed by atoms with Gasteiger partial charge in [-0.25, -0.2) is 13.1 Å². The first-order valence-electron chi connectivity index (χ1n) is 9.63. The Balaban J connectivity index is 2.04. The predicted octanol–water partition coefficient (Wildman–Crippen LogP) is 3.41. The number of aryl methyl sites for hydroxylation is 2. The van der Waals surface area contributed by atoms with Gasteiger partial charge in [0.25, 0.3) is 5.91 Å². The summed E-state index contributed by atoms with van der Waals surface area (Å²) in [5.41, 5.74) is 2.92. The first-order valence-corrected chi connectivity index (χ1v) is 11.5. The third-order valence-electron chi connectivity index (χ3n) is 4.43. The van der Waals surface area contributed by atoms with Crippen molar-refractivity contribution in [1.29, 1.82) is 0 Å². The number of nitrogens with one attached hydrogen (secondary N) is 2. The first kappa shape index (κ1) is 24.1. The van der Waals surface area contributed by atoms with Gasteiger partial charge in [-0.3, -0.25) is 4.79 Å². The van der Waals surface area contributed by atoms with E-state index in [1.165, 1.54) is 25.3 Å². The molecule has 0 radical (unpaired) electrons. The lowest BCUT2D eigenvalue weighted by atomic mass is 10.0. The summed E-state index contributed by atoms with van der Waals surface area (Å²) in [4.78, 5) is 12.4. The molecule has 0 bridgehead atoms. The number of para-hydroxylation sites is 1. The lowest BCUT2D eigenvalue weighted by Gasteiger charge is -2.15. The third kappa shape index (κ3) is 6.43. The molecule has 0 fully saturated rings. The number of anilines is 1. The molecule has 2 aromatic rings. The Morgan fingerprint density at radius 3 is 2.33 bits per heavy atom. The summed E-state index contributed by atoms with van der Waals surface area (Å²) in [6.45, 7) is 4.21. The van der Waals surface area contributed by atoms with Crippen molar-refractivity contribution in [3.63, 3.8) is 0 Å². The Hall–Kier alpha value is -2.13. The first-order chi connectivity index (χ1) is 14.3. The van der Waals surface area contributed by atoms with Gasteiger partial charge in [0.2, 0.25) is 10.0 Å². The highest BCUT2D eigenvalue weighted by Crippen LogP contribution is 2.28. The van der Waals surface area contributed by atoms with Gasteiger partial charge in [-0.2, -0.15) is 0 Å². The van der Waals surface area contributed by atoms with Gasteiger partial charge in [0.15, 0.2) is 6.61 Å². The fourth-order valence-corrected chi connectivity index (χ4v) is 4.19. The van der Waals surface area contributed by atoms with Crippen LogP contribution in [0.4, 0.5) is 5.69 Å². The Kier molecular flexibility index (Phi) is 9.10. The van der Waals surface area contributed by atoms with Gasteiger partial charge in [0.05, 0.1) is 16.5 Å². The van der Waals surface area contributed by atoms with Gasteiger partial charge < -0.3 is 14.8 Å². The molecule has 9 heteroatoms. The molecule has 1 amide bonds. The molecule has 0 aliphatic carbocycles. The number of rotatable bonds is 11. The number of benzene rings is 2. The summed E-state index contributed by atoms with van der Waals surface area (Å²) in [7, 11) is -2.22. The van der Waals surface area contributed by atoms with Crippen molar-refractivity contribution in [2.45, 2.75) is 31.6 Å². The Morgan fingerprint density at radius 1 is 1.10 bits per heavy atom. The maximum absolute atomic E-state index is 12.4. The number of amides is 1. The van der Waals surface area contributed by atoms with Gasteiger partial charge in [-0.1, -0.05) is 43.6 Å².